The average molecular weight is 350 g/mol. The van der Waals surface area contributed by atoms with Crippen LogP contribution in [0.3, 0.4) is 0 Å². The highest BCUT2D eigenvalue weighted by molar-refractivity contribution is 7.10. The Morgan fingerprint density at radius 1 is 1.13 bits per heavy atom. The molecule has 1 unspecified atom stereocenters. The monoisotopic (exact) mass is 349 g/mol. The third-order valence-electron chi connectivity index (χ3n) is 4.14. The first-order valence-electron chi connectivity index (χ1n) is 8.00. The Morgan fingerprint density at radius 3 is 2.48 bits per heavy atom. The lowest BCUT2D eigenvalue weighted by Crippen LogP contribution is -2.49. The number of thiophene rings is 2. The van der Waals surface area contributed by atoms with Crippen LogP contribution < -0.4 is 5.32 Å². The van der Waals surface area contributed by atoms with Gasteiger partial charge < -0.3 is 5.32 Å². The Morgan fingerprint density at radius 2 is 1.83 bits per heavy atom. The van der Waals surface area contributed by atoms with Crippen LogP contribution in [0.4, 0.5) is 0 Å². The highest BCUT2D eigenvalue weighted by Crippen LogP contribution is 2.18. The summed E-state index contributed by atoms with van der Waals surface area (Å²) >= 11 is 3.50. The van der Waals surface area contributed by atoms with Crippen molar-refractivity contribution < 1.29 is 4.79 Å². The van der Waals surface area contributed by atoms with E-state index in [0.717, 1.165) is 32.7 Å². The molecule has 3 rings (SSSR count). The minimum absolute atomic E-state index is 0.0996. The molecule has 124 valence electrons. The molecule has 1 atom stereocenters. The highest BCUT2D eigenvalue weighted by Gasteiger charge is 2.20. The summed E-state index contributed by atoms with van der Waals surface area (Å²) in [4.78, 5) is 19.5. The van der Waals surface area contributed by atoms with Crippen molar-refractivity contribution in [3.05, 3.63) is 44.8 Å². The summed E-state index contributed by atoms with van der Waals surface area (Å²) in [6, 6.07) is 8.49. The molecule has 4 nitrogen and oxygen atoms in total. The Bertz CT molecular complexity index is 589. The van der Waals surface area contributed by atoms with Gasteiger partial charge in [0.1, 0.15) is 0 Å². The van der Waals surface area contributed by atoms with E-state index in [2.05, 4.69) is 38.7 Å². The van der Waals surface area contributed by atoms with Gasteiger partial charge in [-0.3, -0.25) is 14.6 Å². The van der Waals surface area contributed by atoms with Crippen LogP contribution in [0.15, 0.2) is 35.0 Å². The van der Waals surface area contributed by atoms with Crippen LogP contribution in [0, 0.1) is 0 Å². The van der Waals surface area contributed by atoms with Gasteiger partial charge in [0.2, 0.25) is 5.91 Å². The fourth-order valence-corrected chi connectivity index (χ4v) is 4.31. The quantitative estimate of drug-likeness (QED) is 0.871. The lowest BCUT2D eigenvalue weighted by molar-refractivity contribution is -0.123. The number of hydrogen-bond donors (Lipinski definition) is 1. The van der Waals surface area contributed by atoms with Crippen LogP contribution in [0.25, 0.3) is 0 Å². The van der Waals surface area contributed by atoms with Crippen LogP contribution in [0.1, 0.15) is 22.7 Å². The van der Waals surface area contributed by atoms with Gasteiger partial charge in [-0.25, -0.2) is 0 Å². The average Bonchev–Trinajstić information content (AvgIpc) is 3.22. The number of carbonyl (C=O) groups is 1. The summed E-state index contributed by atoms with van der Waals surface area (Å²) < 4.78 is 0. The number of nitrogens with zero attached hydrogens (tertiary/aromatic N) is 2. The molecule has 0 radical (unpaired) electrons. The SMILES string of the molecule is CC(NC(=O)CN1CCN(Cc2cccs2)CC1)c1cccs1. The third kappa shape index (κ3) is 4.88. The molecule has 2 aromatic heterocycles. The summed E-state index contributed by atoms with van der Waals surface area (Å²) in [5, 5.41) is 7.27. The second-order valence-corrected chi connectivity index (χ2v) is 7.95. The number of carbonyl (C=O) groups excluding carboxylic acids is 1. The number of hydrogen-bond acceptors (Lipinski definition) is 5. The summed E-state index contributed by atoms with van der Waals surface area (Å²) in [7, 11) is 0. The molecule has 0 spiro atoms. The van der Waals surface area contributed by atoms with E-state index in [1.165, 1.54) is 9.75 Å². The van der Waals surface area contributed by atoms with Crippen molar-refractivity contribution in [3.63, 3.8) is 0 Å². The van der Waals surface area contributed by atoms with E-state index in [9.17, 15) is 4.79 Å². The molecule has 0 aromatic carbocycles. The van der Waals surface area contributed by atoms with Gasteiger partial charge >= 0.3 is 0 Å². The van der Waals surface area contributed by atoms with Crippen molar-refractivity contribution >= 4 is 28.6 Å². The van der Waals surface area contributed by atoms with Crippen LogP contribution in [-0.4, -0.2) is 48.4 Å². The van der Waals surface area contributed by atoms with Gasteiger partial charge in [-0.05, 0) is 29.8 Å². The standard InChI is InChI=1S/C17H23N3OS2/c1-14(16-5-3-11-23-16)18-17(21)13-20-8-6-19(7-9-20)12-15-4-2-10-22-15/h2-5,10-11,14H,6-9,12-13H2,1H3,(H,18,21). The Kier molecular flexibility index (Phi) is 5.83. The van der Waals surface area contributed by atoms with Crippen molar-refractivity contribution in [2.24, 2.45) is 0 Å². The molecule has 1 fully saturated rings. The molecule has 1 saturated heterocycles. The van der Waals surface area contributed by atoms with Gasteiger partial charge in [0.15, 0.2) is 0 Å². The zero-order valence-electron chi connectivity index (χ0n) is 13.4. The molecule has 1 aliphatic rings. The lowest BCUT2D eigenvalue weighted by atomic mass is 10.2. The van der Waals surface area contributed by atoms with Crippen LogP contribution >= 0.6 is 22.7 Å². The second kappa shape index (κ2) is 8.06. The van der Waals surface area contributed by atoms with Crippen LogP contribution in [0.5, 0.6) is 0 Å². The van der Waals surface area contributed by atoms with Gasteiger partial charge in [-0.2, -0.15) is 0 Å². The lowest BCUT2D eigenvalue weighted by Gasteiger charge is -2.34. The van der Waals surface area contributed by atoms with E-state index >= 15 is 0 Å². The molecular formula is C17H23N3OS2. The number of rotatable bonds is 6. The minimum Gasteiger partial charge on any atom is -0.348 e. The number of amides is 1. The molecule has 6 heteroatoms. The first-order chi connectivity index (χ1) is 11.2. The van der Waals surface area contributed by atoms with Gasteiger partial charge in [-0.15, -0.1) is 22.7 Å². The molecule has 23 heavy (non-hydrogen) atoms. The molecular weight excluding hydrogens is 326 g/mol. The van der Waals surface area contributed by atoms with Crippen molar-refractivity contribution in [2.45, 2.75) is 19.5 Å². The first kappa shape index (κ1) is 16.6. The second-order valence-electron chi connectivity index (χ2n) is 5.94. The molecule has 3 heterocycles. The van der Waals surface area contributed by atoms with E-state index in [1.54, 1.807) is 11.3 Å². The zero-order chi connectivity index (χ0) is 16.1. The third-order valence-corrected chi connectivity index (χ3v) is 6.06. The maximum absolute atomic E-state index is 12.2. The molecule has 2 aromatic rings. The largest absolute Gasteiger partial charge is 0.348 e. The molecule has 1 aliphatic heterocycles. The van der Waals surface area contributed by atoms with Gasteiger partial charge in [-0.1, -0.05) is 12.1 Å². The van der Waals surface area contributed by atoms with Crippen LogP contribution in [0.2, 0.25) is 0 Å². The molecule has 0 saturated carbocycles. The van der Waals surface area contributed by atoms with E-state index in [1.807, 2.05) is 29.7 Å². The van der Waals surface area contributed by atoms with E-state index in [-0.39, 0.29) is 11.9 Å². The smallest absolute Gasteiger partial charge is 0.234 e. The van der Waals surface area contributed by atoms with Gasteiger partial charge in [0.05, 0.1) is 12.6 Å². The van der Waals surface area contributed by atoms with Gasteiger partial charge in [0, 0.05) is 42.5 Å². The van der Waals surface area contributed by atoms with Crippen molar-refractivity contribution in [2.75, 3.05) is 32.7 Å². The predicted octanol–water partition coefficient (Wildman–Crippen LogP) is 2.80. The number of piperazine rings is 1. The zero-order valence-corrected chi connectivity index (χ0v) is 15.0. The predicted molar refractivity (Wildman–Crippen MR) is 96.9 cm³/mol. The van der Waals surface area contributed by atoms with Gasteiger partial charge in [0.25, 0.3) is 0 Å². The maximum atomic E-state index is 12.2. The van der Waals surface area contributed by atoms with E-state index in [0.29, 0.717) is 6.54 Å². The van der Waals surface area contributed by atoms with E-state index in [4.69, 9.17) is 0 Å². The topological polar surface area (TPSA) is 35.6 Å². The summed E-state index contributed by atoms with van der Waals surface area (Å²) in [6.45, 7) is 7.58. The van der Waals surface area contributed by atoms with Crippen molar-refractivity contribution in [1.82, 2.24) is 15.1 Å². The molecule has 1 amide bonds. The van der Waals surface area contributed by atoms with Crippen molar-refractivity contribution in [3.8, 4) is 0 Å². The van der Waals surface area contributed by atoms with Crippen LogP contribution in [-0.2, 0) is 11.3 Å². The van der Waals surface area contributed by atoms with Crippen molar-refractivity contribution in [1.29, 1.82) is 0 Å². The highest BCUT2D eigenvalue weighted by atomic mass is 32.1. The minimum atomic E-state index is 0.0996. The molecule has 1 N–H and O–H groups in total. The summed E-state index contributed by atoms with van der Waals surface area (Å²) in [5.41, 5.74) is 0. The summed E-state index contributed by atoms with van der Waals surface area (Å²) in [6.07, 6.45) is 0. The molecule has 0 aliphatic carbocycles. The fourth-order valence-electron chi connectivity index (χ4n) is 2.83. The first-order valence-corrected chi connectivity index (χ1v) is 9.76. The Labute approximate surface area is 145 Å². The van der Waals surface area contributed by atoms with E-state index < -0.39 is 0 Å². The Hall–Kier alpha value is -1.21. The number of nitrogens with one attached hydrogen (secondary N) is 1. The molecule has 0 bridgehead atoms. The normalized spacial score (nSPS) is 18.0. The Balaban J connectivity index is 1.39. The maximum Gasteiger partial charge on any atom is 0.234 e. The summed E-state index contributed by atoms with van der Waals surface area (Å²) in [5.74, 6) is 0.123. The fraction of sp³-hybridized carbons (Fsp3) is 0.471.